The monoisotopic (exact) mass is 248 g/mol. The quantitative estimate of drug-likeness (QED) is 0.676. The summed E-state index contributed by atoms with van der Waals surface area (Å²) in [6.45, 7) is -0.336. The van der Waals surface area contributed by atoms with Crippen molar-refractivity contribution in [3.63, 3.8) is 0 Å². The van der Waals surface area contributed by atoms with Gasteiger partial charge in [0.15, 0.2) is 0 Å². The molecule has 2 N–H and O–H groups in total. The molecule has 1 aliphatic rings. The second-order valence-corrected chi connectivity index (χ2v) is 3.99. The number of imide groups is 1. The SMILES string of the molecule is O=C1CN(C(=O)c2ccc(CO)cc2)CC(=O)N1. The molecule has 1 aromatic carbocycles. The van der Waals surface area contributed by atoms with Gasteiger partial charge in [0.05, 0.1) is 6.61 Å². The fourth-order valence-corrected chi connectivity index (χ4v) is 1.72. The topological polar surface area (TPSA) is 86.7 Å². The van der Waals surface area contributed by atoms with Gasteiger partial charge >= 0.3 is 0 Å². The van der Waals surface area contributed by atoms with Crippen LogP contribution in [0.15, 0.2) is 24.3 Å². The molecule has 0 aromatic heterocycles. The van der Waals surface area contributed by atoms with E-state index in [2.05, 4.69) is 5.32 Å². The van der Waals surface area contributed by atoms with Crippen LogP contribution >= 0.6 is 0 Å². The average molecular weight is 248 g/mol. The zero-order valence-electron chi connectivity index (χ0n) is 9.55. The number of aliphatic hydroxyl groups excluding tert-OH is 1. The summed E-state index contributed by atoms with van der Waals surface area (Å²) in [5.41, 5.74) is 1.08. The van der Waals surface area contributed by atoms with E-state index >= 15 is 0 Å². The lowest BCUT2D eigenvalue weighted by molar-refractivity contribution is -0.135. The lowest BCUT2D eigenvalue weighted by Gasteiger charge is -2.25. The highest BCUT2D eigenvalue weighted by Gasteiger charge is 2.26. The molecule has 1 aliphatic heterocycles. The molecule has 94 valence electrons. The number of aliphatic hydroxyl groups is 1. The lowest BCUT2D eigenvalue weighted by Crippen LogP contribution is -2.53. The van der Waals surface area contributed by atoms with E-state index < -0.39 is 11.8 Å². The van der Waals surface area contributed by atoms with Gasteiger partial charge < -0.3 is 10.0 Å². The highest BCUT2D eigenvalue weighted by atomic mass is 16.3. The Morgan fingerprint density at radius 2 is 1.72 bits per heavy atom. The van der Waals surface area contributed by atoms with Crippen molar-refractivity contribution in [1.29, 1.82) is 0 Å². The maximum absolute atomic E-state index is 12.0. The van der Waals surface area contributed by atoms with Crippen molar-refractivity contribution in [3.8, 4) is 0 Å². The van der Waals surface area contributed by atoms with Crippen LogP contribution in [0.5, 0.6) is 0 Å². The van der Waals surface area contributed by atoms with Crippen LogP contribution in [0.2, 0.25) is 0 Å². The first-order valence-corrected chi connectivity index (χ1v) is 5.42. The van der Waals surface area contributed by atoms with Crippen LogP contribution in [0.3, 0.4) is 0 Å². The van der Waals surface area contributed by atoms with Crippen molar-refractivity contribution in [2.45, 2.75) is 6.61 Å². The third-order valence-corrected chi connectivity index (χ3v) is 2.62. The fraction of sp³-hybridized carbons (Fsp3) is 0.250. The van der Waals surface area contributed by atoms with Crippen LogP contribution in [-0.4, -0.2) is 40.8 Å². The van der Waals surface area contributed by atoms with Crippen LogP contribution < -0.4 is 5.32 Å². The summed E-state index contributed by atoms with van der Waals surface area (Å²) in [5.74, 6) is -1.33. The van der Waals surface area contributed by atoms with Crippen LogP contribution in [-0.2, 0) is 16.2 Å². The Morgan fingerprint density at radius 1 is 1.17 bits per heavy atom. The van der Waals surface area contributed by atoms with E-state index in [-0.39, 0.29) is 25.6 Å². The van der Waals surface area contributed by atoms with E-state index in [0.717, 1.165) is 0 Å². The number of nitrogens with one attached hydrogen (secondary N) is 1. The highest BCUT2D eigenvalue weighted by Crippen LogP contribution is 2.09. The molecule has 0 atom stereocenters. The molecule has 0 spiro atoms. The Labute approximate surface area is 103 Å². The molecule has 6 nitrogen and oxygen atoms in total. The minimum atomic E-state index is -0.480. The van der Waals surface area contributed by atoms with Gasteiger partial charge in [-0.1, -0.05) is 12.1 Å². The number of nitrogens with zero attached hydrogens (tertiary/aromatic N) is 1. The molecule has 1 fully saturated rings. The Morgan fingerprint density at radius 3 is 2.22 bits per heavy atom. The number of hydrogen-bond donors (Lipinski definition) is 2. The third-order valence-electron chi connectivity index (χ3n) is 2.62. The predicted octanol–water partition coefficient (Wildman–Crippen LogP) is -0.722. The van der Waals surface area contributed by atoms with Gasteiger partial charge in [-0.05, 0) is 17.7 Å². The van der Waals surface area contributed by atoms with Gasteiger partial charge in [-0.3, -0.25) is 19.7 Å². The minimum Gasteiger partial charge on any atom is -0.392 e. The average Bonchev–Trinajstić information content (AvgIpc) is 2.37. The molecule has 3 amide bonds. The van der Waals surface area contributed by atoms with E-state index in [0.29, 0.717) is 11.1 Å². The number of amides is 3. The summed E-state index contributed by atoms with van der Waals surface area (Å²) in [6, 6.07) is 6.37. The van der Waals surface area contributed by atoms with Gasteiger partial charge in [0, 0.05) is 5.56 Å². The molecule has 1 aromatic rings. The second kappa shape index (κ2) is 4.97. The summed E-state index contributed by atoms with van der Waals surface area (Å²) in [6.07, 6.45) is 0. The first kappa shape index (κ1) is 12.3. The van der Waals surface area contributed by atoms with E-state index in [9.17, 15) is 14.4 Å². The molecule has 1 saturated heterocycles. The summed E-state index contributed by atoms with van der Waals surface area (Å²) in [4.78, 5) is 35.5. The van der Waals surface area contributed by atoms with Gasteiger partial charge in [-0.2, -0.15) is 0 Å². The zero-order valence-corrected chi connectivity index (χ0v) is 9.55. The zero-order chi connectivity index (χ0) is 13.1. The standard InChI is InChI=1S/C12H12N2O4/c15-7-8-1-3-9(4-2-8)12(18)14-5-10(16)13-11(17)6-14/h1-4,15H,5-7H2,(H,13,16,17). The third kappa shape index (κ3) is 2.54. The van der Waals surface area contributed by atoms with E-state index in [1.54, 1.807) is 24.3 Å². The smallest absolute Gasteiger partial charge is 0.254 e. The largest absolute Gasteiger partial charge is 0.392 e. The molecule has 18 heavy (non-hydrogen) atoms. The maximum Gasteiger partial charge on any atom is 0.254 e. The molecule has 0 unspecified atom stereocenters. The number of rotatable bonds is 2. The van der Waals surface area contributed by atoms with Gasteiger partial charge in [0.1, 0.15) is 13.1 Å². The Balaban J connectivity index is 2.14. The highest BCUT2D eigenvalue weighted by molar-refractivity contribution is 6.05. The Hall–Kier alpha value is -2.21. The molecule has 0 aliphatic carbocycles. The van der Waals surface area contributed by atoms with Crippen LogP contribution in [0.1, 0.15) is 15.9 Å². The molecule has 6 heteroatoms. The number of benzene rings is 1. The fourth-order valence-electron chi connectivity index (χ4n) is 1.72. The van der Waals surface area contributed by atoms with Crippen LogP contribution in [0.25, 0.3) is 0 Å². The summed E-state index contributed by atoms with van der Waals surface area (Å²) in [7, 11) is 0. The van der Waals surface area contributed by atoms with Crippen molar-refractivity contribution in [2.24, 2.45) is 0 Å². The number of carbonyl (C=O) groups excluding carboxylic acids is 3. The van der Waals surface area contributed by atoms with E-state index in [1.165, 1.54) is 4.90 Å². The van der Waals surface area contributed by atoms with Crippen molar-refractivity contribution in [3.05, 3.63) is 35.4 Å². The number of piperazine rings is 1. The Bertz CT molecular complexity index is 479. The van der Waals surface area contributed by atoms with Crippen molar-refractivity contribution >= 4 is 17.7 Å². The summed E-state index contributed by atoms with van der Waals surface area (Å²) in [5, 5.41) is 11.0. The minimum absolute atomic E-state index is 0.0981. The summed E-state index contributed by atoms with van der Waals surface area (Å²) < 4.78 is 0. The number of carbonyl (C=O) groups is 3. The van der Waals surface area contributed by atoms with Crippen LogP contribution in [0.4, 0.5) is 0 Å². The normalized spacial score (nSPS) is 15.5. The van der Waals surface area contributed by atoms with Gasteiger partial charge in [-0.15, -0.1) is 0 Å². The predicted molar refractivity (Wildman–Crippen MR) is 61.4 cm³/mol. The van der Waals surface area contributed by atoms with Crippen LogP contribution in [0, 0.1) is 0 Å². The lowest BCUT2D eigenvalue weighted by atomic mass is 10.1. The molecule has 0 saturated carbocycles. The van der Waals surface area contributed by atoms with Gasteiger partial charge in [0.2, 0.25) is 11.8 Å². The van der Waals surface area contributed by atoms with Gasteiger partial charge in [0.25, 0.3) is 5.91 Å². The first-order chi connectivity index (χ1) is 8.60. The molecular formula is C12H12N2O4. The molecular weight excluding hydrogens is 236 g/mol. The van der Waals surface area contributed by atoms with E-state index in [1.807, 2.05) is 0 Å². The Kier molecular flexibility index (Phi) is 3.38. The van der Waals surface area contributed by atoms with Crippen molar-refractivity contribution < 1.29 is 19.5 Å². The van der Waals surface area contributed by atoms with Gasteiger partial charge in [-0.25, -0.2) is 0 Å². The van der Waals surface area contributed by atoms with Crippen molar-refractivity contribution in [1.82, 2.24) is 10.2 Å². The van der Waals surface area contributed by atoms with E-state index in [4.69, 9.17) is 5.11 Å². The summed E-state index contributed by atoms with van der Waals surface area (Å²) >= 11 is 0. The molecule has 0 bridgehead atoms. The van der Waals surface area contributed by atoms with Crippen molar-refractivity contribution in [2.75, 3.05) is 13.1 Å². The number of hydrogen-bond acceptors (Lipinski definition) is 4. The molecule has 0 radical (unpaired) electrons. The molecule has 2 rings (SSSR count). The maximum atomic E-state index is 12.0. The first-order valence-electron chi connectivity index (χ1n) is 5.42. The second-order valence-electron chi connectivity index (χ2n) is 3.99. The molecule has 1 heterocycles.